The van der Waals surface area contributed by atoms with E-state index in [-0.39, 0.29) is 0 Å². The van der Waals surface area contributed by atoms with Gasteiger partial charge in [0.15, 0.2) is 0 Å². The van der Waals surface area contributed by atoms with Gasteiger partial charge in [0, 0.05) is 694 Å². The van der Waals surface area contributed by atoms with Gasteiger partial charge in [-0.25, -0.2) is 0 Å². The summed E-state index contributed by atoms with van der Waals surface area (Å²) in [5.74, 6) is 0. The molecule has 0 atom stereocenters. The van der Waals surface area contributed by atoms with Crippen molar-refractivity contribution >= 4 is 694 Å². The Morgan fingerprint density at radius 2 is 0.202 bits per heavy atom. The molecule has 99 heavy (non-hydrogen) atoms. The van der Waals surface area contributed by atoms with Crippen LogP contribution in [0.5, 0.6) is 0 Å². The lowest BCUT2D eigenvalue weighted by molar-refractivity contribution is 1.80. The van der Waals surface area contributed by atoms with Crippen molar-refractivity contribution in [2.75, 3.05) is 0 Å². The van der Waals surface area contributed by atoms with E-state index in [1.165, 1.54) is 0 Å². The highest BCUT2D eigenvalue weighted by Gasteiger charge is 2.68. The molecule has 0 aromatic heterocycles. The van der Waals surface area contributed by atoms with Crippen LogP contribution in [0.2, 0.25) is 5.62 Å². The lowest BCUT2D eigenvalue weighted by Crippen LogP contribution is -2.96. The molecule has 0 aromatic rings. The topological polar surface area (TPSA) is 0 Å². The second-order valence-corrected chi connectivity index (χ2v) is 27.9. The molecule has 0 N–H and O–H groups in total. The molecule has 0 aliphatic carbocycles. The Labute approximate surface area is 692 Å². The fourth-order valence-electron chi connectivity index (χ4n) is 17.8. The Hall–Kier alpha value is 6.36. The van der Waals surface area contributed by atoms with Gasteiger partial charge in [-0.1, -0.05) is 0 Å². The lowest BCUT2D eigenvalue weighted by atomic mass is 8.26. The minimum absolute atomic E-state index is 0.981. The van der Waals surface area contributed by atoms with Gasteiger partial charge in [-0.2, -0.15) is 0 Å². The highest BCUT2D eigenvalue weighted by atomic mass is 13.7. The van der Waals surface area contributed by atoms with Gasteiger partial charge in [-0.05, 0) is 0 Å². The van der Waals surface area contributed by atoms with Gasteiger partial charge in [0.1, 0.15) is 0 Å². The van der Waals surface area contributed by atoms with Gasteiger partial charge in [0.2, 0.25) is 0 Å². The van der Waals surface area contributed by atoms with E-state index in [0.29, 0.717) is 0 Å². The molecule has 0 rings (SSSR count). The van der Waals surface area contributed by atoms with Crippen LogP contribution in [-0.4, -0.2) is 694 Å². The minimum Gasteiger partial charge on any atom is -0.146 e. The summed E-state index contributed by atoms with van der Waals surface area (Å²) in [5, 5.41) is 0. The van der Waals surface area contributed by atoms with Crippen LogP contribution in [0, 0.1) is 0 Å². The third-order valence-corrected chi connectivity index (χ3v) is 21.1. The zero-order valence-electron chi connectivity index (χ0n) is 57.2. The van der Waals surface area contributed by atoms with E-state index in [1.54, 1.807) is 0 Å². The molecule has 0 bridgehead atoms. The van der Waals surface area contributed by atoms with E-state index in [0.717, 1.165) is 7.06 Å². The molecule has 0 saturated carbocycles. The molecule has 299 valence electrons. The van der Waals surface area contributed by atoms with Gasteiger partial charge >= 0.3 is 0 Å². The fraction of sp³-hybridized carbons (Fsp3) is 1.00. The van der Waals surface area contributed by atoms with E-state index >= 15 is 0 Å². The molecule has 0 unspecified atom stereocenters. The predicted octanol–water partition coefficient (Wildman–Crippen LogP) is -37.0. The molecule has 0 aliphatic rings. The summed E-state index contributed by atoms with van der Waals surface area (Å²) >= 11 is 0. The second kappa shape index (κ2) is 48.7. The first kappa shape index (κ1) is 105. The zero-order valence-corrected chi connectivity index (χ0v) is 57.2. The quantitative estimate of drug-likeness (QED) is 0.0533. The Balaban J connectivity index is 14.6. The molecule has 0 amide bonds. The molecule has 0 fully saturated rings. The molecule has 101 radical (unpaired) electrons. The average Bonchev–Trinajstić information content (AvgIpc) is 3.39. The van der Waals surface area contributed by atoms with E-state index < -0.39 is 306 Å². The third-order valence-electron chi connectivity index (χ3n) is 21.1. The van der Waals surface area contributed by atoms with Gasteiger partial charge in [0.05, 0.1) is 0 Å². The second-order valence-electron chi connectivity index (χ2n) is 27.9. The van der Waals surface area contributed by atoms with Crippen LogP contribution < -0.4 is 0 Å². The van der Waals surface area contributed by atoms with Crippen LogP contribution >= 0.6 is 0 Å². The van der Waals surface area contributed by atoms with Crippen LogP contribution in [0.25, 0.3) is 0 Å². The van der Waals surface area contributed by atoms with E-state index in [2.05, 4.69) is 0 Å². The first-order chi connectivity index (χ1) is 45.1. The van der Waals surface area contributed by atoms with Crippen molar-refractivity contribution in [2.24, 2.45) is 0 Å². The summed E-state index contributed by atoms with van der Waals surface area (Å²) in [6.07, 6.45) is -81.4. The Morgan fingerprint density at radius 1 is 0.121 bits per heavy atom. The van der Waals surface area contributed by atoms with Gasteiger partial charge in [0.25, 0.3) is 0 Å². The Kier molecular flexibility index (Phi) is 51.8. The minimum atomic E-state index is -2.29. The van der Waals surface area contributed by atoms with Crippen molar-refractivity contribution in [3.05, 3.63) is 0 Å². The predicted molar refractivity (Wildman–Crippen MR) is 568 cm³/mol. The average molecular weight is 1070 g/mol. The molecule has 0 nitrogen and oxygen atoms in total. The van der Waals surface area contributed by atoms with Crippen LogP contribution in [0.3, 0.4) is 0 Å². The maximum Gasteiger partial charge on any atom is 0.0294 e. The highest BCUT2D eigenvalue weighted by Crippen LogP contribution is 2.38. The number of rotatable bonds is 48. The van der Waals surface area contributed by atoms with E-state index in [9.17, 15) is 0 Å². The molecule has 0 aliphatic heterocycles. The van der Waals surface area contributed by atoms with E-state index in [4.69, 9.17) is 387 Å². The number of hydrogen-bond donors (Lipinski definition) is 0. The zero-order chi connectivity index (χ0) is 78.4. The van der Waals surface area contributed by atoms with Crippen LogP contribution in [-0.2, 0) is 0 Å². The lowest BCUT2D eigenvalue weighted by Gasteiger charge is -2.64. The van der Waals surface area contributed by atoms with Crippen molar-refractivity contribution in [3.8, 4) is 0 Å². The van der Waals surface area contributed by atoms with Gasteiger partial charge < -0.3 is 0 Å². The van der Waals surface area contributed by atoms with Crippen molar-refractivity contribution in [3.63, 3.8) is 0 Å². The first-order valence-electron chi connectivity index (χ1n) is 32.7. The Bertz CT molecular complexity index is 1670. The largest absolute Gasteiger partial charge is 0.146 e. The van der Waals surface area contributed by atoms with Crippen LogP contribution in [0.4, 0.5) is 0 Å². The molecule has 0 saturated heterocycles. The maximum absolute atomic E-state index is 7.48. The summed E-state index contributed by atoms with van der Waals surface area (Å²) in [7, 11) is 356. The molecule has 0 aromatic carbocycles. The standard InChI is InChI=1S/CHB98/c2-52-80(51)99(98(78(47)48)79(49)50)86(97(76(43)44)77(45)46)55(85(95(72(35)36)73(37)38)96(74(39)40)75(41)42)1(53(81(87(56(3)4)57(5)6)88(58(7)8)59(9)10)82(89(60(11)12)61(13)14)90(62(15)16)63(17)18)54(83(91(64(19)20)65(21)22)92(66(23)24)67(25)26)84(93(68(27)28)69(29)30)94(70(31)32)71(33)34/h1H. The Morgan fingerprint density at radius 3 is 0.283 bits per heavy atom. The number of hydrogen-bond acceptors (Lipinski definition) is 0. The van der Waals surface area contributed by atoms with Gasteiger partial charge in [-0.15, -0.1) is 5.62 Å². The SMILES string of the molecule is [B][B]B([B])B(B(B([B])[B])B([B])[B])B(B(B([B])[B])B([B])[B])B(B(B(B([B])[B])B([B])[B])B(B([B])[B])B([B])[B])C(B(B(B(B([B])[B])B([B])[B])B(B([B])[B])B([B])[B])B(B(B([B])[B])B([B])[B])B(B([B])[B])B([B])[B])B(B(B(B([B])[B])B([B])[B])B(B([B])[B])B([B])[B])B(B(B([B])[B])B([B])[B])B(B([B])[B])B([B])[B]. The van der Waals surface area contributed by atoms with Crippen molar-refractivity contribution in [1.29, 1.82) is 0 Å². The van der Waals surface area contributed by atoms with Crippen LogP contribution in [0.15, 0.2) is 0 Å². The van der Waals surface area contributed by atoms with Crippen molar-refractivity contribution < 1.29 is 0 Å². The van der Waals surface area contributed by atoms with E-state index in [1.807, 2.05) is 0 Å². The summed E-state index contributed by atoms with van der Waals surface area (Å²) in [5.41, 5.74) is -2.29. The van der Waals surface area contributed by atoms with Crippen molar-refractivity contribution in [2.45, 2.75) is 5.62 Å². The third kappa shape index (κ3) is 28.4. The maximum atomic E-state index is 7.48. The molecular formula is CHB98. The summed E-state index contributed by atoms with van der Waals surface area (Å²) in [4.78, 5) is 0. The highest BCUT2D eigenvalue weighted by molar-refractivity contribution is 8.33. The normalized spacial score (nSPS) is 9.91. The first-order valence-corrected chi connectivity index (χ1v) is 32.7. The van der Waals surface area contributed by atoms with Crippen molar-refractivity contribution in [1.82, 2.24) is 0 Å². The summed E-state index contributed by atoms with van der Waals surface area (Å²) < 4.78 is 0. The van der Waals surface area contributed by atoms with Crippen LogP contribution in [0.1, 0.15) is 0 Å². The molecule has 0 spiro atoms. The smallest absolute Gasteiger partial charge is 0.0294 e. The summed E-state index contributed by atoms with van der Waals surface area (Å²) in [6, 6.07) is 0. The molecule has 98 heteroatoms. The molecule has 0 heterocycles. The summed E-state index contributed by atoms with van der Waals surface area (Å²) in [6.45, 7) is -6.54. The molecular weight excluding hydrogens is 1070 g/mol. The monoisotopic (exact) mass is 1090 g/mol. The van der Waals surface area contributed by atoms with Gasteiger partial charge in [-0.3, -0.25) is 0 Å². The fourth-order valence-corrected chi connectivity index (χ4v) is 17.8.